The molecule has 0 aliphatic heterocycles. The molecular weight excluding hydrogens is 420 g/mol. The van der Waals surface area contributed by atoms with Gasteiger partial charge in [-0.25, -0.2) is 0 Å². The first-order valence-electron chi connectivity index (χ1n) is 1.40. The van der Waals surface area contributed by atoms with Crippen molar-refractivity contribution >= 4 is 8.99 Å². The summed E-state index contributed by atoms with van der Waals surface area (Å²) in [5.41, 5.74) is 0. The van der Waals surface area contributed by atoms with Gasteiger partial charge in [-0.2, -0.15) is 0 Å². The predicted molar refractivity (Wildman–Crippen MR) is 18.1 cm³/mol. The summed E-state index contributed by atoms with van der Waals surface area (Å²) in [6.07, 6.45) is 0. The van der Waals surface area contributed by atoms with Crippen molar-refractivity contribution in [3.05, 3.63) is 0 Å². The van der Waals surface area contributed by atoms with Crippen LogP contribution in [0.1, 0.15) is 0 Å². The first-order valence-corrected chi connectivity index (χ1v) is 4.79. The topological polar surface area (TPSA) is 9.23 Å². The number of rotatable bonds is 3. The van der Waals surface area contributed by atoms with Crippen LogP contribution in [0.25, 0.3) is 0 Å². The number of hydrogen-bond donors (Lipinski definition) is 0. The van der Waals surface area contributed by atoms with Gasteiger partial charge in [0.1, 0.15) is 0 Å². The summed E-state index contributed by atoms with van der Waals surface area (Å²) in [4.78, 5) is 0. The molecular formula is C3H4OW2. The van der Waals surface area contributed by atoms with Crippen LogP contribution in [-0.4, -0.2) is 15.6 Å². The molecule has 0 saturated carbocycles. The average molecular weight is 424 g/mol. The molecule has 0 aromatic rings. The Bertz CT molecular complexity index is 44.8. The molecule has 0 aromatic heterocycles. The van der Waals surface area contributed by atoms with E-state index in [0.717, 1.165) is 6.61 Å². The normalized spacial score (nSPS) is 7.33. The first-order chi connectivity index (χ1) is 2.91. The third-order valence-corrected chi connectivity index (χ3v) is 1.21. The van der Waals surface area contributed by atoms with Crippen LogP contribution in [0.5, 0.6) is 0 Å². The second-order valence-corrected chi connectivity index (χ2v) is 2.49. The van der Waals surface area contributed by atoms with Gasteiger partial charge in [0.25, 0.3) is 0 Å². The summed E-state index contributed by atoms with van der Waals surface area (Å²) in [6.45, 7) is 0.791. The zero-order valence-corrected chi connectivity index (χ0v) is 8.95. The Morgan fingerprint density at radius 2 is 2.17 bits per heavy atom. The number of ether oxygens (including phenoxy) is 1. The van der Waals surface area contributed by atoms with Crippen LogP contribution >= 0.6 is 0 Å². The van der Waals surface area contributed by atoms with E-state index in [1.807, 2.05) is 0 Å². The minimum absolute atomic E-state index is 0.791. The Morgan fingerprint density at radius 3 is 2.33 bits per heavy atom. The van der Waals surface area contributed by atoms with Gasteiger partial charge in [0.05, 0.1) is 0 Å². The van der Waals surface area contributed by atoms with Crippen LogP contribution in [0.3, 0.4) is 0 Å². The molecule has 0 bridgehead atoms. The van der Waals surface area contributed by atoms with Crippen LogP contribution in [0.15, 0.2) is 0 Å². The van der Waals surface area contributed by atoms with Crippen molar-refractivity contribution in [3.8, 4) is 0 Å². The van der Waals surface area contributed by atoms with E-state index in [1.165, 1.54) is 38.7 Å². The number of hydrogen-bond acceptors (Lipinski definition) is 1. The second kappa shape index (κ2) is 6.08. The van der Waals surface area contributed by atoms with Gasteiger partial charge in [0, 0.05) is 0 Å². The maximum absolute atomic E-state index is 4.86. The van der Waals surface area contributed by atoms with Gasteiger partial charge in [-0.15, -0.1) is 0 Å². The van der Waals surface area contributed by atoms with E-state index in [2.05, 4.69) is 4.40 Å². The quantitative estimate of drug-likeness (QED) is 0.565. The fourth-order valence-corrected chi connectivity index (χ4v) is 0.643. The van der Waals surface area contributed by atoms with Gasteiger partial charge >= 0.3 is 59.0 Å². The molecule has 0 heterocycles. The third kappa shape index (κ3) is 5.08. The molecule has 0 aliphatic carbocycles. The van der Waals surface area contributed by atoms with Crippen molar-refractivity contribution in [2.45, 2.75) is 0 Å². The zero-order chi connectivity index (χ0) is 4.83. The molecule has 0 aromatic carbocycles. The average Bonchev–Trinajstić information content (AvgIpc) is 1.61. The Kier molecular flexibility index (Phi) is 7.17. The van der Waals surface area contributed by atoms with Crippen molar-refractivity contribution < 1.29 is 43.4 Å². The summed E-state index contributed by atoms with van der Waals surface area (Å²) >= 11 is 2.85. The monoisotopic (exact) mass is 424 g/mol. The maximum atomic E-state index is 4.86. The molecule has 0 unspecified atom stereocenters. The summed E-state index contributed by atoms with van der Waals surface area (Å²) in [5.74, 6) is 0. The Hall–Kier alpha value is 1.08. The van der Waals surface area contributed by atoms with Gasteiger partial charge in [0.15, 0.2) is 0 Å². The molecule has 0 atom stereocenters. The van der Waals surface area contributed by atoms with Gasteiger partial charge in [-0.05, 0) is 0 Å². The zero-order valence-electron chi connectivity index (χ0n) is 3.09. The summed E-state index contributed by atoms with van der Waals surface area (Å²) in [6, 6.07) is 0. The Labute approximate surface area is 58.9 Å². The van der Waals surface area contributed by atoms with Gasteiger partial charge in [0.2, 0.25) is 0 Å². The van der Waals surface area contributed by atoms with Crippen LogP contribution in [0, 0.1) is 0 Å². The van der Waals surface area contributed by atoms with Crippen LogP contribution in [0.4, 0.5) is 0 Å². The van der Waals surface area contributed by atoms with E-state index in [0.29, 0.717) is 0 Å². The van der Waals surface area contributed by atoms with E-state index < -0.39 is 0 Å². The van der Waals surface area contributed by atoms with Crippen molar-refractivity contribution in [3.63, 3.8) is 0 Å². The van der Waals surface area contributed by atoms with Gasteiger partial charge in [-0.1, -0.05) is 0 Å². The predicted octanol–water partition coefficient (Wildman–Crippen LogP) is -0.341. The van der Waals surface area contributed by atoms with Crippen LogP contribution < -0.4 is 0 Å². The Morgan fingerprint density at radius 1 is 1.50 bits per heavy atom. The van der Waals surface area contributed by atoms with Crippen molar-refractivity contribution in [1.82, 2.24) is 0 Å². The molecule has 0 aliphatic rings. The molecule has 0 N–H and O–H groups in total. The van der Waals surface area contributed by atoms with E-state index in [9.17, 15) is 0 Å². The summed E-state index contributed by atoms with van der Waals surface area (Å²) in [5, 5.41) is 0. The molecule has 0 rings (SSSR count). The summed E-state index contributed by atoms with van der Waals surface area (Å²) in [7, 11) is 0. The molecule has 34 valence electrons. The van der Waals surface area contributed by atoms with Gasteiger partial charge in [-0.3, -0.25) is 0 Å². The molecule has 0 spiro atoms. The fraction of sp³-hybridized carbons (Fsp3) is 0.333. The molecule has 0 amide bonds. The van der Waals surface area contributed by atoms with Crippen molar-refractivity contribution in [2.75, 3.05) is 6.61 Å². The third-order valence-electron chi connectivity index (χ3n) is 0.232. The molecule has 3 heteroatoms. The van der Waals surface area contributed by atoms with E-state index in [4.69, 9.17) is 4.74 Å². The second-order valence-electron chi connectivity index (χ2n) is 0.596. The van der Waals surface area contributed by atoms with E-state index >= 15 is 0 Å². The molecule has 0 radical (unpaired) electrons. The van der Waals surface area contributed by atoms with Crippen molar-refractivity contribution in [2.24, 2.45) is 0 Å². The van der Waals surface area contributed by atoms with E-state index in [1.54, 1.807) is 4.59 Å². The minimum atomic E-state index is 0.791. The SMILES string of the molecule is [W]=[CH]CO[CH]=[W]. The molecule has 6 heavy (non-hydrogen) atoms. The molecule has 1 nitrogen and oxygen atoms in total. The Balaban J connectivity index is 2.66. The summed E-state index contributed by atoms with van der Waals surface area (Å²) < 4.78 is 8.69. The van der Waals surface area contributed by atoms with Gasteiger partial charge < -0.3 is 0 Å². The standard InChI is InChI=1S/C3H4O.2W/c1-3-4-2;;/h1-2H,3H2;;. The fourth-order valence-electron chi connectivity index (χ4n) is 0.0786. The first kappa shape index (κ1) is 7.08. The van der Waals surface area contributed by atoms with Crippen molar-refractivity contribution in [1.29, 1.82) is 0 Å². The van der Waals surface area contributed by atoms with Crippen LogP contribution in [-0.2, 0) is 43.4 Å². The van der Waals surface area contributed by atoms with Crippen LogP contribution in [0.2, 0.25) is 0 Å². The molecule has 0 saturated heterocycles. The van der Waals surface area contributed by atoms with E-state index in [-0.39, 0.29) is 0 Å². The molecule has 0 fully saturated rings.